The van der Waals surface area contributed by atoms with Crippen LogP contribution in [0.4, 0.5) is 0 Å². The van der Waals surface area contributed by atoms with Crippen LogP contribution >= 0.6 is 11.3 Å². The van der Waals surface area contributed by atoms with Crippen molar-refractivity contribution < 1.29 is 9.84 Å². The molecule has 3 nitrogen and oxygen atoms in total. The SMILES string of the molecule is CC1COCCC1(O)c1cncs1. The van der Waals surface area contributed by atoms with E-state index >= 15 is 0 Å². The number of thiazole rings is 1. The summed E-state index contributed by atoms with van der Waals surface area (Å²) in [6.45, 7) is 3.28. The molecule has 13 heavy (non-hydrogen) atoms. The molecular weight excluding hydrogens is 186 g/mol. The average Bonchev–Trinajstić information content (AvgIpc) is 2.63. The van der Waals surface area contributed by atoms with Crippen LogP contribution in [0.5, 0.6) is 0 Å². The third kappa shape index (κ3) is 1.49. The molecule has 1 aromatic heterocycles. The van der Waals surface area contributed by atoms with Crippen molar-refractivity contribution in [3.05, 3.63) is 16.6 Å². The van der Waals surface area contributed by atoms with Gasteiger partial charge < -0.3 is 9.84 Å². The summed E-state index contributed by atoms with van der Waals surface area (Å²) in [4.78, 5) is 4.96. The number of ether oxygens (including phenoxy) is 1. The minimum Gasteiger partial charge on any atom is -0.384 e. The van der Waals surface area contributed by atoms with Crippen molar-refractivity contribution >= 4 is 11.3 Å². The average molecular weight is 199 g/mol. The maximum absolute atomic E-state index is 10.4. The van der Waals surface area contributed by atoms with Crippen LogP contribution in [0, 0.1) is 5.92 Å². The Bertz CT molecular complexity index is 275. The molecule has 72 valence electrons. The van der Waals surface area contributed by atoms with Gasteiger partial charge in [-0.15, -0.1) is 11.3 Å². The van der Waals surface area contributed by atoms with Crippen molar-refractivity contribution in [2.75, 3.05) is 13.2 Å². The molecule has 2 rings (SSSR count). The van der Waals surface area contributed by atoms with E-state index in [1.54, 1.807) is 11.7 Å². The Morgan fingerprint density at radius 1 is 1.77 bits per heavy atom. The van der Waals surface area contributed by atoms with Crippen LogP contribution in [0.15, 0.2) is 11.7 Å². The summed E-state index contributed by atoms with van der Waals surface area (Å²) in [6, 6.07) is 0. The van der Waals surface area contributed by atoms with E-state index in [4.69, 9.17) is 4.74 Å². The normalized spacial score (nSPS) is 34.8. The zero-order valence-electron chi connectivity index (χ0n) is 7.56. The second-order valence-electron chi connectivity index (χ2n) is 3.52. The summed E-state index contributed by atoms with van der Waals surface area (Å²) < 4.78 is 5.30. The zero-order chi connectivity index (χ0) is 9.31. The summed E-state index contributed by atoms with van der Waals surface area (Å²) in [5, 5.41) is 10.4. The highest BCUT2D eigenvalue weighted by atomic mass is 32.1. The second-order valence-corrected chi connectivity index (χ2v) is 4.40. The molecule has 2 unspecified atom stereocenters. The van der Waals surface area contributed by atoms with Gasteiger partial charge in [0, 0.05) is 25.1 Å². The fourth-order valence-electron chi connectivity index (χ4n) is 1.67. The molecule has 2 atom stereocenters. The molecule has 0 amide bonds. The summed E-state index contributed by atoms with van der Waals surface area (Å²) in [7, 11) is 0. The van der Waals surface area contributed by atoms with Gasteiger partial charge in [-0.2, -0.15) is 0 Å². The molecule has 1 saturated heterocycles. The number of aliphatic hydroxyl groups is 1. The maximum Gasteiger partial charge on any atom is 0.107 e. The molecule has 0 spiro atoms. The van der Waals surface area contributed by atoms with E-state index < -0.39 is 5.60 Å². The molecule has 0 bridgehead atoms. The fourth-order valence-corrected chi connectivity index (χ4v) is 2.53. The molecule has 1 fully saturated rings. The van der Waals surface area contributed by atoms with Crippen LogP contribution in [0.2, 0.25) is 0 Å². The number of aromatic nitrogens is 1. The molecule has 1 aromatic rings. The topological polar surface area (TPSA) is 42.4 Å². The first-order chi connectivity index (χ1) is 6.23. The van der Waals surface area contributed by atoms with E-state index in [0.29, 0.717) is 19.6 Å². The molecule has 2 heterocycles. The van der Waals surface area contributed by atoms with Gasteiger partial charge in [-0.3, -0.25) is 4.98 Å². The molecule has 1 N–H and O–H groups in total. The predicted octanol–water partition coefficient (Wildman–Crippen LogP) is 1.39. The van der Waals surface area contributed by atoms with Gasteiger partial charge in [-0.25, -0.2) is 0 Å². The van der Waals surface area contributed by atoms with Crippen molar-refractivity contribution in [1.29, 1.82) is 0 Å². The third-order valence-corrected chi connectivity index (χ3v) is 3.61. The lowest BCUT2D eigenvalue weighted by Gasteiger charge is -2.36. The van der Waals surface area contributed by atoms with Crippen molar-refractivity contribution in [3.63, 3.8) is 0 Å². The summed E-state index contributed by atoms with van der Waals surface area (Å²) >= 11 is 1.52. The van der Waals surface area contributed by atoms with E-state index in [1.807, 2.05) is 6.92 Å². The Hall–Kier alpha value is -0.450. The Labute approximate surface area is 81.4 Å². The number of rotatable bonds is 1. The van der Waals surface area contributed by atoms with Crippen LogP contribution in [0.25, 0.3) is 0 Å². The fraction of sp³-hybridized carbons (Fsp3) is 0.667. The minimum atomic E-state index is -0.709. The lowest BCUT2D eigenvalue weighted by Crippen LogP contribution is -2.40. The first kappa shape index (κ1) is 9.12. The van der Waals surface area contributed by atoms with Crippen molar-refractivity contribution in [2.45, 2.75) is 18.9 Å². The monoisotopic (exact) mass is 199 g/mol. The van der Waals surface area contributed by atoms with Crippen molar-refractivity contribution in [2.24, 2.45) is 5.92 Å². The van der Waals surface area contributed by atoms with Gasteiger partial charge in [0.25, 0.3) is 0 Å². The number of hydrogen-bond donors (Lipinski definition) is 1. The van der Waals surface area contributed by atoms with Gasteiger partial charge in [0.05, 0.1) is 17.0 Å². The highest BCUT2D eigenvalue weighted by molar-refractivity contribution is 7.09. The van der Waals surface area contributed by atoms with Gasteiger partial charge in [0.15, 0.2) is 0 Å². The molecule has 1 aliphatic rings. The zero-order valence-corrected chi connectivity index (χ0v) is 8.38. The van der Waals surface area contributed by atoms with Crippen LogP contribution in [0.1, 0.15) is 18.2 Å². The number of hydrogen-bond acceptors (Lipinski definition) is 4. The molecule has 0 aliphatic carbocycles. The second kappa shape index (κ2) is 3.36. The predicted molar refractivity (Wildman–Crippen MR) is 50.6 cm³/mol. The van der Waals surface area contributed by atoms with Gasteiger partial charge in [-0.05, 0) is 0 Å². The van der Waals surface area contributed by atoms with E-state index in [0.717, 1.165) is 4.88 Å². The van der Waals surface area contributed by atoms with E-state index in [-0.39, 0.29) is 5.92 Å². The highest BCUT2D eigenvalue weighted by Gasteiger charge is 2.39. The minimum absolute atomic E-state index is 0.154. The van der Waals surface area contributed by atoms with Gasteiger partial charge >= 0.3 is 0 Å². The first-order valence-electron chi connectivity index (χ1n) is 4.42. The van der Waals surface area contributed by atoms with Gasteiger partial charge in [0.1, 0.15) is 5.60 Å². The Kier molecular flexibility index (Phi) is 2.36. The van der Waals surface area contributed by atoms with Gasteiger partial charge in [0.2, 0.25) is 0 Å². The van der Waals surface area contributed by atoms with Gasteiger partial charge in [-0.1, -0.05) is 6.92 Å². The number of nitrogens with zero attached hydrogens (tertiary/aromatic N) is 1. The summed E-state index contributed by atoms with van der Waals surface area (Å²) in [6.07, 6.45) is 2.43. The highest BCUT2D eigenvalue weighted by Crippen LogP contribution is 2.37. The Morgan fingerprint density at radius 3 is 3.23 bits per heavy atom. The summed E-state index contributed by atoms with van der Waals surface area (Å²) in [5.74, 6) is 0.154. The molecule has 4 heteroatoms. The quantitative estimate of drug-likeness (QED) is 0.743. The van der Waals surface area contributed by atoms with Crippen LogP contribution in [-0.2, 0) is 10.3 Å². The van der Waals surface area contributed by atoms with E-state index in [9.17, 15) is 5.11 Å². The molecule has 0 aromatic carbocycles. The van der Waals surface area contributed by atoms with Crippen LogP contribution in [0.3, 0.4) is 0 Å². The van der Waals surface area contributed by atoms with Crippen LogP contribution < -0.4 is 0 Å². The lowest BCUT2D eigenvalue weighted by atomic mass is 9.84. The first-order valence-corrected chi connectivity index (χ1v) is 5.30. The summed E-state index contributed by atoms with van der Waals surface area (Å²) in [5.41, 5.74) is 1.05. The molecule has 1 aliphatic heterocycles. The van der Waals surface area contributed by atoms with E-state index in [1.165, 1.54) is 11.3 Å². The Balaban J connectivity index is 2.27. The standard InChI is InChI=1S/C9H13NO2S/c1-7-5-12-3-2-9(7,11)8-4-10-6-13-8/h4,6-7,11H,2-3,5H2,1H3. The Morgan fingerprint density at radius 2 is 2.62 bits per heavy atom. The van der Waals surface area contributed by atoms with E-state index in [2.05, 4.69) is 4.98 Å². The van der Waals surface area contributed by atoms with Crippen molar-refractivity contribution in [1.82, 2.24) is 4.98 Å². The molecule has 0 radical (unpaired) electrons. The smallest absolute Gasteiger partial charge is 0.107 e. The van der Waals surface area contributed by atoms with Crippen LogP contribution in [-0.4, -0.2) is 23.3 Å². The molecule has 0 saturated carbocycles. The third-order valence-electron chi connectivity index (χ3n) is 2.67. The largest absolute Gasteiger partial charge is 0.384 e. The maximum atomic E-state index is 10.4. The molecular formula is C9H13NO2S. The lowest BCUT2D eigenvalue weighted by molar-refractivity contribution is -0.109. The van der Waals surface area contributed by atoms with Crippen molar-refractivity contribution in [3.8, 4) is 0 Å².